The largest absolute Gasteiger partial charge is 0.115 e. The first-order valence-electron chi connectivity index (χ1n) is 10.5. The van der Waals surface area contributed by atoms with Crippen molar-refractivity contribution in [1.82, 2.24) is 0 Å². The van der Waals surface area contributed by atoms with Gasteiger partial charge in [0.05, 0.1) is 0 Å². The Kier molecular flexibility index (Phi) is 16.9. The number of aryl methyl sites for hydroxylation is 3. The van der Waals surface area contributed by atoms with Crippen LogP contribution in [0.3, 0.4) is 0 Å². The Morgan fingerprint density at radius 3 is 1.89 bits per heavy atom. The number of allylic oxidation sites excluding steroid dienone is 1. The zero-order chi connectivity index (χ0) is 22.1. The first kappa shape index (κ1) is 28.0. The van der Waals surface area contributed by atoms with Crippen LogP contribution < -0.4 is 0 Å². The molecule has 2 aromatic rings. The lowest BCUT2D eigenvalue weighted by atomic mass is 10.0. The van der Waals surface area contributed by atoms with Crippen molar-refractivity contribution in [2.45, 2.75) is 75.2 Å². The molecule has 0 amide bonds. The van der Waals surface area contributed by atoms with Gasteiger partial charge < -0.3 is 0 Å². The minimum absolute atomic E-state index is 0.898. The molecule has 28 heavy (non-hydrogen) atoms. The summed E-state index contributed by atoms with van der Waals surface area (Å²) in [6, 6.07) is 14.3. The predicted octanol–water partition coefficient (Wildman–Crippen LogP) is 8.78. The number of terminal acetylenes is 1. The Morgan fingerprint density at radius 1 is 1.00 bits per heavy atom. The van der Waals surface area contributed by atoms with Gasteiger partial charge in [-0.2, -0.15) is 0 Å². The van der Waals surface area contributed by atoms with Crippen molar-refractivity contribution in [2.24, 2.45) is 5.92 Å². The molecule has 0 fully saturated rings. The van der Waals surface area contributed by atoms with E-state index in [2.05, 4.69) is 65.3 Å². The highest BCUT2D eigenvalue weighted by molar-refractivity contribution is 5.64. The van der Waals surface area contributed by atoms with Gasteiger partial charge in [-0.3, -0.25) is 0 Å². The molecule has 0 bridgehead atoms. The molecular weight excluding hydrogens is 336 g/mol. The third kappa shape index (κ3) is 13.0. The molecule has 2 rings (SSSR count). The summed E-state index contributed by atoms with van der Waals surface area (Å²) in [5, 5.41) is 0. The van der Waals surface area contributed by atoms with Crippen LogP contribution in [0.5, 0.6) is 0 Å². The Labute approximate surface area is 176 Å². The molecule has 2 aromatic carbocycles. The minimum Gasteiger partial charge on any atom is -0.115 e. The van der Waals surface area contributed by atoms with Crippen molar-refractivity contribution in [3.05, 3.63) is 76.9 Å². The van der Waals surface area contributed by atoms with E-state index in [4.69, 9.17) is 6.42 Å². The fourth-order valence-electron chi connectivity index (χ4n) is 2.51. The molecule has 0 atom stereocenters. The van der Waals surface area contributed by atoms with Gasteiger partial charge in [-0.25, -0.2) is 0 Å². The molecule has 0 aliphatic carbocycles. The van der Waals surface area contributed by atoms with Crippen LogP contribution in [-0.2, 0) is 0 Å². The number of benzene rings is 2. The van der Waals surface area contributed by atoms with E-state index in [0.717, 1.165) is 17.1 Å². The number of rotatable bonds is 3. The third-order valence-corrected chi connectivity index (χ3v) is 4.02. The normalized spacial score (nSPS) is 8.89. The highest BCUT2D eigenvalue weighted by Crippen LogP contribution is 2.17. The minimum atomic E-state index is 0.898. The van der Waals surface area contributed by atoms with E-state index in [9.17, 15) is 0 Å². The standard InChI is InChI=1S/C11H14.C9H8.C6H14.C2H6/c1-8(2)11-7-9(3)5-6-10(11)4;1-3-9-7-5-4-6-8(9)2;1-4-5-6(2)3;1-2/h5-7H,1H2,2-4H3;1,4-7H,2H3;6H,4-5H2,1-3H3;1-2H3. The molecule has 0 radical (unpaired) electrons. The van der Waals surface area contributed by atoms with E-state index in [1.165, 1.54) is 35.1 Å². The quantitative estimate of drug-likeness (QED) is 0.468. The van der Waals surface area contributed by atoms with Crippen molar-refractivity contribution in [3.8, 4) is 12.3 Å². The summed E-state index contributed by atoms with van der Waals surface area (Å²) in [6.45, 7) is 22.9. The Balaban J connectivity index is 0. The van der Waals surface area contributed by atoms with E-state index < -0.39 is 0 Å². The van der Waals surface area contributed by atoms with Crippen LogP contribution in [0.1, 0.15) is 82.2 Å². The second-order valence-electron chi connectivity index (χ2n) is 7.24. The Bertz CT molecular complexity index is 711. The van der Waals surface area contributed by atoms with Crippen molar-refractivity contribution in [1.29, 1.82) is 0 Å². The summed E-state index contributed by atoms with van der Waals surface area (Å²) in [4.78, 5) is 0. The molecule has 0 aliphatic heterocycles. The molecular formula is C28H42. The monoisotopic (exact) mass is 378 g/mol. The van der Waals surface area contributed by atoms with E-state index in [0.29, 0.717) is 0 Å². The van der Waals surface area contributed by atoms with Gasteiger partial charge in [-0.1, -0.05) is 107 Å². The SMILES string of the molecule is C#Cc1ccccc1C.C=C(C)c1cc(C)ccc1C.CC.CCCC(C)C. The second kappa shape index (κ2) is 16.9. The first-order valence-corrected chi connectivity index (χ1v) is 10.5. The van der Waals surface area contributed by atoms with Gasteiger partial charge >= 0.3 is 0 Å². The van der Waals surface area contributed by atoms with Gasteiger partial charge in [0.1, 0.15) is 0 Å². The number of hydrogen-bond acceptors (Lipinski definition) is 0. The van der Waals surface area contributed by atoms with Crippen LogP contribution >= 0.6 is 0 Å². The Morgan fingerprint density at radius 2 is 1.57 bits per heavy atom. The zero-order valence-electron chi connectivity index (χ0n) is 19.8. The lowest BCUT2D eigenvalue weighted by Gasteiger charge is -2.05. The lowest BCUT2D eigenvalue weighted by molar-refractivity contribution is 0.576. The summed E-state index contributed by atoms with van der Waals surface area (Å²) < 4.78 is 0. The molecule has 154 valence electrons. The van der Waals surface area contributed by atoms with E-state index in [1.807, 2.05) is 52.0 Å². The summed E-state index contributed by atoms with van der Waals surface area (Å²) in [6.07, 6.45) is 7.91. The fraction of sp³-hybridized carbons (Fsp3) is 0.429. The molecule has 0 spiro atoms. The van der Waals surface area contributed by atoms with Gasteiger partial charge in [0.25, 0.3) is 0 Å². The van der Waals surface area contributed by atoms with Crippen LogP contribution in [0, 0.1) is 39.0 Å². The van der Waals surface area contributed by atoms with Crippen molar-refractivity contribution < 1.29 is 0 Å². The maximum atomic E-state index is 5.20. The summed E-state index contributed by atoms with van der Waals surface area (Å²) in [5.74, 6) is 3.49. The zero-order valence-corrected chi connectivity index (χ0v) is 19.8. The average molecular weight is 379 g/mol. The van der Waals surface area contributed by atoms with Crippen LogP contribution in [0.2, 0.25) is 0 Å². The van der Waals surface area contributed by atoms with Crippen molar-refractivity contribution >= 4 is 5.57 Å². The lowest BCUT2D eigenvalue weighted by Crippen LogP contribution is -1.85. The molecule has 0 heteroatoms. The van der Waals surface area contributed by atoms with Crippen molar-refractivity contribution in [3.63, 3.8) is 0 Å². The third-order valence-electron chi connectivity index (χ3n) is 4.02. The molecule has 0 nitrogen and oxygen atoms in total. The molecule has 0 unspecified atom stereocenters. The molecule has 0 aromatic heterocycles. The second-order valence-corrected chi connectivity index (χ2v) is 7.24. The van der Waals surface area contributed by atoms with Gasteiger partial charge in [0, 0.05) is 5.56 Å². The summed E-state index contributed by atoms with van der Waals surface area (Å²) in [7, 11) is 0. The van der Waals surface area contributed by atoms with Crippen LogP contribution in [0.4, 0.5) is 0 Å². The predicted molar refractivity (Wildman–Crippen MR) is 131 cm³/mol. The molecule has 0 saturated heterocycles. The van der Waals surface area contributed by atoms with Gasteiger partial charge in [-0.05, 0) is 56.4 Å². The molecule has 0 N–H and O–H groups in total. The Hall–Kier alpha value is -2.26. The maximum absolute atomic E-state index is 5.20. The highest BCUT2D eigenvalue weighted by atomic mass is 14.0. The van der Waals surface area contributed by atoms with Gasteiger partial charge in [0.2, 0.25) is 0 Å². The van der Waals surface area contributed by atoms with Crippen LogP contribution in [-0.4, -0.2) is 0 Å². The number of hydrogen-bond donors (Lipinski definition) is 0. The highest BCUT2D eigenvalue weighted by Gasteiger charge is 1.97. The van der Waals surface area contributed by atoms with E-state index >= 15 is 0 Å². The van der Waals surface area contributed by atoms with Crippen molar-refractivity contribution in [2.75, 3.05) is 0 Å². The first-order chi connectivity index (χ1) is 13.2. The average Bonchev–Trinajstić information content (AvgIpc) is 2.66. The summed E-state index contributed by atoms with van der Waals surface area (Å²) in [5.41, 5.74) is 7.19. The van der Waals surface area contributed by atoms with E-state index in [-0.39, 0.29) is 0 Å². The van der Waals surface area contributed by atoms with E-state index in [1.54, 1.807) is 0 Å². The topological polar surface area (TPSA) is 0 Å². The van der Waals surface area contributed by atoms with Gasteiger partial charge in [0.15, 0.2) is 0 Å². The maximum Gasteiger partial charge on any atom is 0.0271 e. The molecule has 0 heterocycles. The summed E-state index contributed by atoms with van der Waals surface area (Å²) >= 11 is 0. The molecule has 0 aliphatic rings. The smallest absolute Gasteiger partial charge is 0.0271 e. The van der Waals surface area contributed by atoms with Gasteiger partial charge in [-0.15, -0.1) is 6.42 Å². The molecule has 0 saturated carbocycles. The van der Waals surface area contributed by atoms with Crippen LogP contribution in [0.25, 0.3) is 5.57 Å². The van der Waals surface area contributed by atoms with Crippen LogP contribution in [0.15, 0.2) is 49.0 Å². The fourth-order valence-corrected chi connectivity index (χ4v) is 2.51.